The van der Waals surface area contributed by atoms with Crippen molar-refractivity contribution in [1.82, 2.24) is 20.4 Å². The van der Waals surface area contributed by atoms with Crippen molar-refractivity contribution in [3.05, 3.63) is 35.6 Å². The van der Waals surface area contributed by atoms with Gasteiger partial charge in [0.05, 0.1) is 6.61 Å². The molecule has 1 aliphatic heterocycles. The second kappa shape index (κ2) is 12.4. The van der Waals surface area contributed by atoms with Crippen LogP contribution in [0.5, 0.6) is 0 Å². The van der Waals surface area contributed by atoms with E-state index in [1.807, 2.05) is 12.1 Å². The molecule has 33 heavy (non-hydrogen) atoms. The van der Waals surface area contributed by atoms with Crippen molar-refractivity contribution in [1.29, 1.82) is 0 Å². The second-order valence-electron chi connectivity index (χ2n) is 8.67. The molecule has 0 radical (unpaired) electrons. The number of aliphatic imine (C=N–C) groups is 1. The fourth-order valence-corrected chi connectivity index (χ4v) is 3.89. The van der Waals surface area contributed by atoms with Crippen LogP contribution in [-0.4, -0.2) is 80.7 Å². The van der Waals surface area contributed by atoms with E-state index in [1.165, 1.54) is 11.0 Å². The molecule has 3 rings (SSSR count). The molecule has 1 aromatic carbocycles. The lowest BCUT2D eigenvalue weighted by molar-refractivity contribution is -0.127. The summed E-state index contributed by atoms with van der Waals surface area (Å²) in [6.07, 6.45) is 3.03. The number of rotatable bonds is 7. The molecule has 0 unspecified atom stereocenters. The minimum Gasteiger partial charge on any atom is -0.450 e. The SMILES string of the molecule is CCOC(=O)N1CCC(NC(=NCC(=O)N(C)C)NCC2(c3ccccc3F)CC2)CC1.I. The Balaban J connectivity index is 0.00000385. The smallest absolute Gasteiger partial charge is 0.409 e. The van der Waals surface area contributed by atoms with Crippen LogP contribution in [0.3, 0.4) is 0 Å². The van der Waals surface area contributed by atoms with Crippen LogP contribution in [0, 0.1) is 5.82 Å². The zero-order valence-electron chi connectivity index (χ0n) is 19.6. The average Bonchev–Trinajstić information content (AvgIpc) is 3.57. The molecule has 8 nitrogen and oxygen atoms in total. The van der Waals surface area contributed by atoms with Gasteiger partial charge in [0.25, 0.3) is 0 Å². The van der Waals surface area contributed by atoms with Gasteiger partial charge in [-0.1, -0.05) is 18.2 Å². The fraction of sp³-hybridized carbons (Fsp3) is 0.609. The number of likely N-dealkylation sites (tertiary alicyclic amines) is 1. The summed E-state index contributed by atoms with van der Waals surface area (Å²) in [4.78, 5) is 31.7. The molecule has 0 aromatic heterocycles. The number of nitrogens with zero attached hydrogens (tertiary/aromatic N) is 3. The van der Waals surface area contributed by atoms with Crippen molar-refractivity contribution in [2.45, 2.75) is 44.1 Å². The quantitative estimate of drug-likeness (QED) is 0.297. The first-order valence-electron chi connectivity index (χ1n) is 11.3. The zero-order chi connectivity index (χ0) is 23.1. The molecular weight excluding hydrogens is 540 g/mol. The third-order valence-electron chi connectivity index (χ3n) is 6.13. The van der Waals surface area contributed by atoms with E-state index in [9.17, 15) is 14.0 Å². The standard InChI is InChI=1S/C23H34FN5O3.HI/c1-4-32-22(31)29-13-9-17(10-14-29)27-21(25-15-20(30)28(2)3)26-16-23(11-12-23)18-7-5-6-8-19(18)24;/h5-8,17H,4,9-16H2,1-3H3,(H2,25,26,27);1H. The van der Waals surface area contributed by atoms with Gasteiger partial charge >= 0.3 is 6.09 Å². The van der Waals surface area contributed by atoms with Gasteiger partial charge in [0.1, 0.15) is 12.4 Å². The van der Waals surface area contributed by atoms with E-state index in [2.05, 4.69) is 15.6 Å². The molecule has 0 atom stereocenters. The highest BCUT2D eigenvalue weighted by Gasteiger charge is 2.46. The third-order valence-corrected chi connectivity index (χ3v) is 6.13. The number of halogens is 2. The first-order chi connectivity index (χ1) is 15.3. The predicted molar refractivity (Wildman–Crippen MR) is 136 cm³/mol. The first kappa shape index (κ1) is 27.1. The summed E-state index contributed by atoms with van der Waals surface area (Å²) in [5.41, 5.74) is 0.478. The summed E-state index contributed by atoms with van der Waals surface area (Å²) < 4.78 is 19.4. The molecule has 1 heterocycles. The van der Waals surface area contributed by atoms with E-state index in [0.717, 1.165) is 31.2 Å². The van der Waals surface area contributed by atoms with Crippen LogP contribution in [-0.2, 0) is 14.9 Å². The number of hydrogen-bond donors (Lipinski definition) is 2. The maximum absolute atomic E-state index is 14.4. The van der Waals surface area contributed by atoms with Crippen LogP contribution >= 0.6 is 24.0 Å². The van der Waals surface area contributed by atoms with Crippen molar-refractivity contribution < 1.29 is 18.7 Å². The highest BCUT2D eigenvalue weighted by atomic mass is 127. The number of piperidine rings is 1. The Hall–Kier alpha value is -2.11. The molecule has 2 amide bonds. The van der Waals surface area contributed by atoms with E-state index >= 15 is 0 Å². The van der Waals surface area contributed by atoms with Gasteiger partial charge in [-0.15, -0.1) is 24.0 Å². The summed E-state index contributed by atoms with van der Waals surface area (Å²) in [7, 11) is 3.39. The van der Waals surface area contributed by atoms with Gasteiger partial charge in [0.2, 0.25) is 5.91 Å². The highest BCUT2D eigenvalue weighted by Crippen LogP contribution is 2.48. The minimum absolute atomic E-state index is 0. The Kier molecular flexibility index (Phi) is 10.2. The van der Waals surface area contributed by atoms with E-state index in [1.54, 1.807) is 32.0 Å². The molecule has 1 aromatic rings. The van der Waals surface area contributed by atoms with Gasteiger partial charge in [-0.05, 0) is 44.2 Å². The minimum atomic E-state index is -0.282. The fourth-order valence-electron chi connectivity index (χ4n) is 3.89. The van der Waals surface area contributed by atoms with Crippen molar-refractivity contribution in [2.75, 3.05) is 46.9 Å². The Labute approximate surface area is 212 Å². The highest BCUT2D eigenvalue weighted by molar-refractivity contribution is 14.0. The van der Waals surface area contributed by atoms with Gasteiger partial charge in [0.15, 0.2) is 5.96 Å². The monoisotopic (exact) mass is 575 g/mol. The van der Waals surface area contributed by atoms with Crippen molar-refractivity contribution >= 4 is 41.9 Å². The molecule has 1 saturated heterocycles. The molecule has 1 saturated carbocycles. The lowest BCUT2D eigenvalue weighted by atomic mass is 9.95. The maximum Gasteiger partial charge on any atom is 0.409 e. The molecule has 10 heteroatoms. The number of amides is 2. The van der Waals surface area contributed by atoms with Crippen molar-refractivity contribution in [2.24, 2.45) is 4.99 Å². The van der Waals surface area contributed by atoms with Crippen LogP contribution in [0.25, 0.3) is 0 Å². The summed E-state index contributed by atoms with van der Waals surface area (Å²) >= 11 is 0. The molecular formula is C23H35FIN5O3. The average molecular weight is 575 g/mol. The third kappa shape index (κ3) is 7.44. The topological polar surface area (TPSA) is 86.3 Å². The van der Waals surface area contributed by atoms with E-state index in [-0.39, 0.29) is 59.8 Å². The number of hydrogen-bond acceptors (Lipinski definition) is 4. The molecule has 1 aliphatic carbocycles. The van der Waals surface area contributed by atoms with Crippen molar-refractivity contribution in [3.8, 4) is 0 Å². The molecule has 0 bridgehead atoms. The molecule has 2 aliphatic rings. The summed E-state index contributed by atoms with van der Waals surface area (Å²) in [5, 5.41) is 6.74. The van der Waals surface area contributed by atoms with Crippen LogP contribution in [0.1, 0.15) is 38.2 Å². The largest absolute Gasteiger partial charge is 0.450 e. The summed E-state index contributed by atoms with van der Waals surface area (Å²) in [5.74, 6) is 0.253. The Morgan fingerprint density at radius 1 is 1.24 bits per heavy atom. The molecule has 184 valence electrons. The zero-order valence-corrected chi connectivity index (χ0v) is 21.9. The number of likely N-dealkylation sites (N-methyl/N-ethyl adjacent to an activating group) is 1. The van der Waals surface area contributed by atoms with Gasteiger partial charge in [-0.25, -0.2) is 14.2 Å². The Morgan fingerprint density at radius 2 is 1.91 bits per heavy atom. The number of carbonyl (C=O) groups excluding carboxylic acids is 2. The van der Waals surface area contributed by atoms with Crippen LogP contribution in [0.2, 0.25) is 0 Å². The lowest BCUT2D eigenvalue weighted by Crippen LogP contribution is -2.51. The molecule has 0 spiro atoms. The van der Waals surface area contributed by atoms with Crippen LogP contribution in [0.4, 0.5) is 9.18 Å². The number of benzene rings is 1. The van der Waals surface area contributed by atoms with E-state index in [0.29, 0.717) is 32.2 Å². The van der Waals surface area contributed by atoms with Gasteiger partial charge in [-0.2, -0.15) is 0 Å². The normalized spacial score (nSPS) is 17.6. The van der Waals surface area contributed by atoms with E-state index in [4.69, 9.17) is 4.74 Å². The van der Waals surface area contributed by atoms with E-state index < -0.39 is 0 Å². The van der Waals surface area contributed by atoms with Gasteiger partial charge < -0.3 is 25.2 Å². The van der Waals surface area contributed by atoms with Crippen LogP contribution < -0.4 is 10.6 Å². The maximum atomic E-state index is 14.4. The van der Waals surface area contributed by atoms with Crippen LogP contribution in [0.15, 0.2) is 29.3 Å². The Bertz CT molecular complexity index is 839. The van der Waals surface area contributed by atoms with Gasteiger partial charge in [0, 0.05) is 45.2 Å². The molecule has 2 fully saturated rings. The first-order valence-corrected chi connectivity index (χ1v) is 11.3. The number of guanidine groups is 1. The summed E-state index contributed by atoms with van der Waals surface area (Å²) in [6, 6.07) is 7.01. The molecule has 2 N–H and O–H groups in total. The number of ether oxygens (including phenoxy) is 1. The summed E-state index contributed by atoms with van der Waals surface area (Å²) in [6.45, 7) is 3.92. The van der Waals surface area contributed by atoms with Gasteiger partial charge in [-0.3, -0.25) is 4.79 Å². The Morgan fingerprint density at radius 3 is 2.48 bits per heavy atom. The number of nitrogens with one attached hydrogen (secondary N) is 2. The van der Waals surface area contributed by atoms with Crippen molar-refractivity contribution in [3.63, 3.8) is 0 Å². The predicted octanol–water partition coefficient (Wildman–Crippen LogP) is 2.72. The second-order valence-corrected chi connectivity index (χ2v) is 8.67. The number of carbonyl (C=O) groups is 2. The lowest BCUT2D eigenvalue weighted by Gasteiger charge is -2.32.